The molecule has 6 heteroatoms. The molecule has 0 saturated heterocycles. The molecular formula is C15H21BrN4O. The van der Waals surface area contributed by atoms with Crippen molar-refractivity contribution in [1.29, 1.82) is 0 Å². The molecule has 0 unspecified atom stereocenters. The smallest absolute Gasteiger partial charge is 0.155 e. The lowest BCUT2D eigenvalue weighted by molar-refractivity contribution is -0.00636. The van der Waals surface area contributed by atoms with Crippen LogP contribution in [0.1, 0.15) is 38.3 Å². The minimum atomic E-state index is -0.546. The van der Waals surface area contributed by atoms with E-state index in [1.807, 2.05) is 16.8 Å². The van der Waals surface area contributed by atoms with Crippen molar-refractivity contribution in [3.8, 4) is 0 Å². The number of aromatic nitrogens is 3. The summed E-state index contributed by atoms with van der Waals surface area (Å²) in [5, 5.41) is 14.0. The van der Waals surface area contributed by atoms with E-state index in [1.54, 1.807) is 6.20 Å². The van der Waals surface area contributed by atoms with Gasteiger partial charge in [-0.2, -0.15) is 0 Å². The zero-order chi connectivity index (χ0) is 14.9. The summed E-state index contributed by atoms with van der Waals surface area (Å²) in [5.41, 5.74) is 1.36. The molecule has 114 valence electrons. The van der Waals surface area contributed by atoms with Gasteiger partial charge in [0.15, 0.2) is 5.65 Å². The number of aliphatic hydroxyl groups is 1. The Morgan fingerprint density at radius 2 is 2.14 bits per heavy atom. The second kappa shape index (κ2) is 6.02. The highest BCUT2D eigenvalue weighted by Gasteiger charge is 2.31. The number of imidazole rings is 1. The van der Waals surface area contributed by atoms with Gasteiger partial charge in [-0.15, -0.1) is 0 Å². The van der Waals surface area contributed by atoms with Crippen LogP contribution in [-0.2, 0) is 6.54 Å². The second-order valence-electron chi connectivity index (χ2n) is 6.20. The maximum Gasteiger partial charge on any atom is 0.155 e. The van der Waals surface area contributed by atoms with Crippen LogP contribution >= 0.6 is 15.9 Å². The van der Waals surface area contributed by atoms with E-state index >= 15 is 0 Å². The molecule has 0 aliphatic heterocycles. The molecule has 2 heterocycles. The van der Waals surface area contributed by atoms with Gasteiger partial charge in [0.1, 0.15) is 4.60 Å². The number of fused-ring (bicyclic) bond motifs is 1. The molecule has 0 spiro atoms. The minimum Gasteiger partial charge on any atom is -0.389 e. The van der Waals surface area contributed by atoms with E-state index in [2.05, 4.69) is 38.1 Å². The Bertz CT molecular complexity index is 619. The second-order valence-corrected chi connectivity index (χ2v) is 7.01. The summed E-state index contributed by atoms with van der Waals surface area (Å²) in [6.45, 7) is 3.59. The van der Waals surface area contributed by atoms with Crippen LogP contribution in [0.4, 0.5) is 0 Å². The van der Waals surface area contributed by atoms with E-state index in [0.29, 0.717) is 13.1 Å². The van der Waals surface area contributed by atoms with Crippen LogP contribution < -0.4 is 5.32 Å². The molecular weight excluding hydrogens is 332 g/mol. The van der Waals surface area contributed by atoms with Crippen molar-refractivity contribution in [2.45, 2.75) is 44.8 Å². The first kappa shape index (κ1) is 14.9. The zero-order valence-corrected chi connectivity index (χ0v) is 13.8. The van der Waals surface area contributed by atoms with Crippen LogP contribution in [-0.4, -0.2) is 31.6 Å². The van der Waals surface area contributed by atoms with E-state index in [-0.39, 0.29) is 0 Å². The summed E-state index contributed by atoms with van der Waals surface area (Å²) >= 11 is 3.38. The number of rotatable bonds is 4. The Balaban J connectivity index is 1.60. The summed E-state index contributed by atoms with van der Waals surface area (Å²) in [6.07, 6.45) is 9.52. The van der Waals surface area contributed by atoms with Crippen LogP contribution in [0.3, 0.4) is 0 Å². The summed E-state index contributed by atoms with van der Waals surface area (Å²) in [4.78, 5) is 8.49. The number of hydrogen-bond acceptors (Lipinski definition) is 4. The zero-order valence-electron chi connectivity index (χ0n) is 12.2. The molecule has 0 aromatic carbocycles. The first-order valence-corrected chi connectivity index (χ1v) is 8.26. The molecule has 1 aliphatic carbocycles. The average molecular weight is 353 g/mol. The largest absolute Gasteiger partial charge is 0.389 e. The number of hydrogen-bond donors (Lipinski definition) is 2. The highest BCUT2D eigenvalue weighted by molar-refractivity contribution is 9.10. The lowest BCUT2D eigenvalue weighted by atomic mass is 9.79. The monoisotopic (exact) mass is 352 g/mol. The number of halogens is 1. The summed E-state index contributed by atoms with van der Waals surface area (Å²) in [5.74, 6) is 0.744. The van der Waals surface area contributed by atoms with E-state index in [9.17, 15) is 5.11 Å². The third-order valence-electron chi connectivity index (χ3n) is 4.41. The molecule has 0 bridgehead atoms. The fraction of sp³-hybridized carbons (Fsp3) is 0.600. The van der Waals surface area contributed by atoms with Gasteiger partial charge in [-0.05, 0) is 47.5 Å². The molecule has 3 rings (SSSR count). The fourth-order valence-electron chi connectivity index (χ4n) is 2.95. The molecule has 1 aliphatic rings. The van der Waals surface area contributed by atoms with Gasteiger partial charge in [0.2, 0.25) is 0 Å². The quantitative estimate of drug-likeness (QED) is 0.887. The Kier molecular flexibility index (Phi) is 4.28. The Morgan fingerprint density at radius 3 is 2.90 bits per heavy atom. The minimum absolute atomic E-state index is 0.546. The first-order chi connectivity index (χ1) is 10.1. The molecule has 2 aromatic rings. The highest BCUT2D eigenvalue weighted by atomic mass is 79.9. The maximum absolute atomic E-state index is 10.6. The molecule has 0 amide bonds. The van der Waals surface area contributed by atoms with Gasteiger partial charge in [0.25, 0.3) is 0 Å². The third kappa shape index (κ3) is 3.44. The molecule has 0 radical (unpaired) electrons. The molecule has 2 N–H and O–H groups in total. The lowest BCUT2D eigenvalue weighted by Gasteiger charge is -2.35. The van der Waals surface area contributed by atoms with Gasteiger partial charge in [-0.3, -0.25) is 4.40 Å². The average Bonchev–Trinajstić information content (AvgIpc) is 2.85. The molecule has 2 aromatic heterocycles. The lowest BCUT2D eigenvalue weighted by Crippen LogP contribution is -2.43. The van der Waals surface area contributed by atoms with Crippen LogP contribution in [0.25, 0.3) is 5.65 Å². The van der Waals surface area contributed by atoms with Gasteiger partial charge < -0.3 is 10.4 Å². The first-order valence-electron chi connectivity index (χ1n) is 7.46. The van der Waals surface area contributed by atoms with Crippen molar-refractivity contribution < 1.29 is 5.11 Å². The van der Waals surface area contributed by atoms with Gasteiger partial charge >= 0.3 is 0 Å². The summed E-state index contributed by atoms with van der Waals surface area (Å²) in [7, 11) is 0. The number of nitrogens with one attached hydrogen (secondary N) is 1. The SMILES string of the molecule is CC1CCC(O)(CNCc2cnc3cnc(Br)cn23)CC1. The predicted octanol–water partition coefficient (Wildman–Crippen LogP) is 2.52. The van der Waals surface area contributed by atoms with Crippen molar-refractivity contribution in [3.05, 3.63) is 28.9 Å². The van der Waals surface area contributed by atoms with Crippen molar-refractivity contribution in [2.75, 3.05) is 6.54 Å². The van der Waals surface area contributed by atoms with Crippen molar-refractivity contribution in [2.24, 2.45) is 5.92 Å². The standard InChI is InChI=1S/C15H21BrN4O/c1-11-2-4-15(21,5-3-11)10-17-6-12-7-19-14-8-18-13(16)9-20(12)14/h7-9,11,17,21H,2-6,10H2,1H3. The molecule has 21 heavy (non-hydrogen) atoms. The Labute approximate surface area is 132 Å². The van der Waals surface area contributed by atoms with Crippen molar-refractivity contribution in [3.63, 3.8) is 0 Å². The molecule has 1 fully saturated rings. The normalized spacial score (nSPS) is 26.3. The third-order valence-corrected chi connectivity index (χ3v) is 4.82. The predicted molar refractivity (Wildman–Crippen MR) is 85.0 cm³/mol. The van der Waals surface area contributed by atoms with Gasteiger partial charge in [0, 0.05) is 19.3 Å². The Hall–Kier alpha value is -0.980. The number of nitrogens with zero attached hydrogens (tertiary/aromatic N) is 3. The summed E-state index contributed by atoms with van der Waals surface area (Å²) < 4.78 is 2.80. The maximum atomic E-state index is 10.6. The van der Waals surface area contributed by atoms with E-state index < -0.39 is 5.60 Å². The van der Waals surface area contributed by atoms with Crippen LogP contribution in [0.15, 0.2) is 23.2 Å². The van der Waals surface area contributed by atoms with Crippen molar-refractivity contribution in [1.82, 2.24) is 19.7 Å². The fourth-order valence-corrected chi connectivity index (χ4v) is 3.25. The molecule has 1 saturated carbocycles. The van der Waals surface area contributed by atoms with Gasteiger partial charge in [0.05, 0.1) is 23.7 Å². The van der Waals surface area contributed by atoms with E-state index in [0.717, 1.165) is 47.5 Å². The van der Waals surface area contributed by atoms with Crippen molar-refractivity contribution >= 4 is 21.6 Å². The summed E-state index contributed by atoms with van der Waals surface area (Å²) in [6, 6.07) is 0. The van der Waals surface area contributed by atoms with Crippen LogP contribution in [0, 0.1) is 5.92 Å². The van der Waals surface area contributed by atoms with E-state index in [1.165, 1.54) is 0 Å². The topological polar surface area (TPSA) is 62.5 Å². The van der Waals surface area contributed by atoms with Gasteiger partial charge in [-0.1, -0.05) is 6.92 Å². The highest BCUT2D eigenvalue weighted by Crippen LogP contribution is 2.31. The van der Waals surface area contributed by atoms with E-state index in [4.69, 9.17) is 0 Å². The van der Waals surface area contributed by atoms with Crippen LogP contribution in [0.5, 0.6) is 0 Å². The Morgan fingerprint density at radius 1 is 1.38 bits per heavy atom. The van der Waals surface area contributed by atoms with Crippen LogP contribution in [0.2, 0.25) is 0 Å². The molecule has 0 atom stereocenters. The van der Waals surface area contributed by atoms with Gasteiger partial charge in [-0.25, -0.2) is 9.97 Å². The molecule has 5 nitrogen and oxygen atoms in total.